The lowest BCUT2D eigenvalue weighted by atomic mass is 9.86. The highest BCUT2D eigenvalue weighted by atomic mass is 35.5. The molecule has 0 atom stereocenters. The van der Waals surface area contributed by atoms with Gasteiger partial charge in [0.1, 0.15) is 0 Å². The number of hydrogen-bond acceptors (Lipinski definition) is 1. The summed E-state index contributed by atoms with van der Waals surface area (Å²) in [6.45, 7) is 8.61. The van der Waals surface area contributed by atoms with Crippen molar-refractivity contribution in [3.8, 4) is 11.3 Å². The van der Waals surface area contributed by atoms with E-state index in [9.17, 15) is 0 Å². The second kappa shape index (κ2) is 4.74. The van der Waals surface area contributed by atoms with Crippen molar-refractivity contribution in [3.63, 3.8) is 0 Å². The molecule has 2 rings (SSSR count). The first kappa shape index (κ1) is 13.1. The van der Waals surface area contributed by atoms with Crippen molar-refractivity contribution in [1.29, 1.82) is 0 Å². The average Bonchev–Trinajstić information content (AvgIpc) is 2.29. The summed E-state index contributed by atoms with van der Waals surface area (Å²) in [5.41, 5.74) is 4.46. The van der Waals surface area contributed by atoms with E-state index < -0.39 is 0 Å². The molecule has 0 aliphatic heterocycles. The topological polar surface area (TPSA) is 12.9 Å². The van der Waals surface area contributed by atoms with E-state index in [4.69, 9.17) is 11.6 Å². The summed E-state index contributed by atoms with van der Waals surface area (Å²) >= 11 is 6.40. The van der Waals surface area contributed by atoms with Gasteiger partial charge in [-0.1, -0.05) is 50.6 Å². The van der Waals surface area contributed by atoms with Gasteiger partial charge in [0.15, 0.2) is 0 Å². The molecule has 0 N–H and O–H groups in total. The standard InChI is InChI=1S/C16H18ClN/c1-11-6-5-9-18-15(11)13-8-7-12(10-14(13)17)16(2,3)4/h5-10H,1-4H3. The largest absolute Gasteiger partial charge is 0.256 e. The smallest absolute Gasteiger partial charge is 0.0746 e. The number of hydrogen-bond donors (Lipinski definition) is 0. The molecule has 1 nitrogen and oxygen atoms in total. The third kappa shape index (κ3) is 2.56. The number of benzene rings is 1. The Kier molecular flexibility index (Phi) is 3.45. The van der Waals surface area contributed by atoms with Crippen LogP contribution in [-0.4, -0.2) is 4.98 Å². The maximum absolute atomic E-state index is 6.40. The molecule has 1 aromatic carbocycles. The minimum absolute atomic E-state index is 0.112. The Bertz CT molecular complexity index is 568. The minimum Gasteiger partial charge on any atom is -0.256 e. The van der Waals surface area contributed by atoms with Gasteiger partial charge in [0, 0.05) is 11.8 Å². The fourth-order valence-corrected chi connectivity index (χ4v) is 2.21. The number of aromatic nitrogens is 1. The normalized spacial score (nSPS) is 11.6. The van der Waals surface area contributed by atoms with E-state index in [-0.39, 0.29) is 5.41 Å². The first-order chi connectivity index (χ1) is 8.39. The van der Waals surface area contributed by atoms with Crippen LogP contribution in [0.1, 0.15) is 31.9 Å². The maximum atomic E-state index is 6.40. The van der Waals surface area contributed by atoms with Gasteiger partial charge in [0.05, 0.1) is 10.7 Å². The fraction of sp³-hybridized carbons (Fsp3) is 0.312. The Balaban J connectivity index is 2.52. The van der Waals surface area contributed by atoms with Gasteiger partial charge < -0.3 is 0 Å². The van der Waals surface area contributed by atoms with Crippen LogP contribution in [0.3, 0.4) is 0 Å². The quantitative estimate of drug-likeness (QED) is 0.702. The van der Waals surface area contributed by atoms with Gasteiger partial charge in [-0.15, -0.1) is 0 Å². The zero-order valence-corrected chi connectivity index (χ0v) is 12.0. The lowest BCUT2D eigenvalue weighted by Gasteiger charge is -2.20. The fourth-order valence-electron chi connectivity index (χ4n) is 1.94. The van der Waals surface area contributed by atoms with Crippen molar-refractivity contribution in [2.75, 3.05) is 0 Å². The molecular weight excluding hydrogens is 242 g/mol. The van der Waals surface area contributed by atoms with Crippen LogP contribution in [0.5, 0.6) is 0 Å². The third-order valence-corrected chi connectivity index (χ3v) is 3.41. The highest BCUT2D eigenvalue weighted by Gasteiger charge is 2.16. The molecule has 0 aliphatic rings. The first-order valence-corrected chi connectivity index (χ1v) is 6.49. The van der Waals surface area contributed by atoms with E-state index in [1.807, 2.05) is 12.1 Å². The van der Waals surface area contributed by atoms with E-state index in [0.29, 0.717) is 0 Å². The molecular formula is C16H18ClN. The monoisotopic (exact) mass is 259 g/mol. The summed E-state index contributed by atoms with van der Waals surface area (Å²) in [4.78, 5) is 4.42. The molecule has 2 aromatic rings. The molecule has 0 radical (unpaired) electrons. The van der Waals surface area contributed by atoms with Gasteiger partial charge in [-0.05, 0) is 35.6 Å². The van der Waals surface area contributed by atoms with Crippen molar-refractivity contribution in [2.45, 2.75) is 33.1 Å². The molecule has 18 heavy (non-hydrogen) atoms. The third-order valence-electron chi connectivity index (χ3n) is 3.10. The van der Waals surface area contributed by atoms with Crippen LogP contribution in [0.15, 0.2) is 36.5 Å². The molecule has 0 saturated carbocycles. The average molecular weight is 260 g/mol. The predicted octanol–water partition coefficient (Wildman–Crippen LogP) is 5.01. The van der Waals surface area contributed by atoms with E-state index in [0.717, 1.165) is 21.8 Å². The van der Waals surface area contributed by atoms with Crippen molar-refractivity contribution < 1.29 is 0 Å². The predicted molar refractivity (Wildman–Crippen MR) is 78.1 cm³/mol. The number of nitrogens with zero attached hydrogens (tertiary/aromatic N) is 1. The molecule has 2 heteroatoms. The zero-order chi connectivity index (χ0) is 13.3. The molecule has 1 heterocycles. The van der Waals surface area contributed by atoms with Gasteiger partial charge in [0.2, 0.25) is 0 Å². The number of halogens is 1. The van der Waals surface area contributed by atoms with Crippen LogP contribution in [0.25, 0.3) is 11.3 Å². The molecule has 0 aliphatic carbocycles. The summed E-state index contributed by atoms with van der Waals surface area (Å²) in [7, 11) is 0. The second-order valence-electron chi connectivity index (χ2n) is 5.61. The second-order valence-corrected chi connectivity index (χ2v) is 6.02. The minimum atomic E-state index is 0.112. The SMILES string of the molecule is Cc1cccnc1-c1ccc(C(C)(C)C)cc1Cl. The van der Waals surface area contributed by atoms with E-state index >= 15 is 0 Å². The molecule has 0 unspecified atom stereocenters. The Morgan fingerprint density at radius 1 is 1.11 bits per heavy atom. The number of rotatable bonds is 1. The van der Waals surface area contributed by atoms with Crippen LogP contribution in [0, 0.1) is 6.92 Å². The van der Waals surface area contributed by atoms with Crippen molar-refractivity contribution in [1.82, 2.24) is 4.98 Å². The summed E-state index contributed by atoms with van der Waals surface area (Å²) < 4.78 is 0. The summed E-state index contributed by atoms with van der Waals surface area (Å²) in [5.74, 6) is 0. The molecule has 0 saturated heterocycles. The van der Waals surface area contributed by atoms with E-state index in [2.05, 4.69) is 50.9 Å². The summed E-state index contributed by atoms with van der Waals surface area (Å²) in [5, 5.41) is 0.768. The van der Waals surface area contributed by atoms with E-state index in [1.54, 1.807) is 6.20 Å². The van der Waals surface area contributed by atoms with Crippen LogP contribution in [0.2, 0.25) is 5.02 Å². The Hall–Kier alpha value is -1.34. The molecule has 94 valence electrons. The Labute approximate surface area is 114 Å². The van der Waals surface area contributed by atoms with Crippen LogP contribution < -0.4 is 0 Å². The number of pyridine rings is 1. The van der Waals surface area contributed by atoms with Crippen molar-refractivity contribution in [2.24, 2.45) is 0 Å². The molecule has 1 aromatic heterocycles. The van der Waals surface area contributed by atoms with Crippen molar-refractivity contribution >= 4 is 11.6 Å². The Morgan fingerprint density at radius 3 is 2.39 bits per heavy atom. The first-order valence-electron chi connectivity index (χ1n) is 6.11. The lowest BCUT2D eigenvalue weighted by Crippen LogP contribution is -2.10. The van der Waals surface area contributed by atoms with Crippen molar-refractivity contribution in [3.05, 3.63) is 52.7 Å². The maximum Gasteiger partial charge on any atom is 0.0746 e. The van der Waals surface area contributed by atoms with Gasteiger partial charge >= 0.3 is 0 Å². The van der Waals surface area contributed by atoms with Gasteiger partial charge in [-0.25, -0.2) is 0 Å². The molecule has 0 spiro atoms. The highest BCUT2D eigenvalue weighted by molar-refractivity contribution is 6.33. The highest BCUT2D eigenvalue weighted by Crippen LogP contribution is 2.32. The lowest BCUT2D eigenvalue weighted by molar-refractivity contribution is 0.590. The summed E-state index contributed by atoms with van der Waals surface area (Å²) in [6.07, 6.45) is 1.80. The van der Waals surface area contributed by atoms with Gasteiger partial charge in [0.25, 0.3) is 0 Å². The van der Waals surface area contributed by atoms with Crippen LogP contribution in [-0.2, 0) is 5.41 Å². The van der Waals surface area contributed by atoms with Gasteiger partial charge in [-0.3, -0.25) is 4.98 Å². The zero-order valence-electron chi connectivity index (χ0n) is 11.3. The van der Waals surface area contributed by atoms with Crippen LogP contribution in [0.4, 0.5) is 0 Å². The molecule has 0 bridgehead atoms. The van der Waals surface area contributed by atoms with Gasteiger partial charge in [-0.2, -0.15) is 0 Å². The molecule has 0 amide bonds. The Morgan fingerprint density at radius 2 is 1.83 bits per heavy atom. The molecule has 0 fully saturated rings. The number of aryl methyl sites for hydroxylation is 1. The summed E-state index contributed by atoms with van der Waals surface area (Å²) in [6, 6.07) is 10.2. The van der Waals surface area contributed by atoms with E-state index in [1.165, 1.54) is 5.56 Å². The van der Waals surface area contributed by atoms with Crippen LogP contribution >= 0.6 is 11.6 Å².